The smallest absolute Gasteiger partial charge is 0.312 e. The molecule has 3 aromatic rings. The number of aliphatic imine (C=N–C) groups is 2. The zero-order valence-corrected chi connectivity index (χ0v) is 43.7. The van der Waals surface area contributed by atoms with Gasteiger partial charge in [-0.1, -0.05) is 112 Å². The third-order valence-electron chi connectivity index (χ3n) is 11.3. The molecule has 0 unspecified atom stereocenters. The molecule has 18 heteroatoms. The molecule has 0 fully saturated rings. The number of carbonyl (C=O) groups excluding carboxylic acids is 6. The number of benzene rings is 3. The number of nitrogens with one attached hydrogen (secondary N) is 3. The highest BCUT2D eigenvalue weighted by atomic mass is 16.4. The second-order valence-corrected chi connectivity index (χ2v) is 18.8. The quantitative estimate of drug-likeness (QED) is 0.0178. The standard InChI is InChI=1S/C19H28N4O4.C18H28N4O2.C18H28N2O2/c1-13(10-14-6-3-2-4-7-14)11-16(24)15(8-5-9-22-19(20)21)23-17(25)12-18(26)27;1-13(11-15-7-4-3-5-8-15)12-17(24)16(22-14(2)23)9-6-10-21-18(19)20;1-14(12-16-8-4-3-5-9-16)13-18(22)17(20-15(2)21)10-6-7-11-19/h2-4,6-7,13,15H,5,8-12H2,1H3,(H,23,25)(H,26,27)(H4,20,21,22);3-5,7-8,13,16H,6,9-12H2,1-2H3,(H,22,23)(H4,19,20,21);3-5,8-9,14,17H,6-7,10-13,19H2,1-2H3,(H,20,21)/t13-,15-;13-,16-;14-,17-/m000/s1. The lowest BCUT2D eigenvalue weighted by Gasteiger charge is -2.19. The van der Waals surface area contributed by atoms with E-state index >= 15 is 0 Å². The average Bonchev–Trinajstić information content (AvgIpc) is 3.31. The maximum atomic E-state index is 12.6. The summed E-state index contributed by atoms with van der Waals surface area (Å²) in [6.45, 7) is 10.4. The third kappa shape index (κ3) is 33.4. The van der Waals surface area contributed by atoms with Crippen LogP contribution in [0.25, 0.3) is 0 Å². The van der Waals surface area contributed by atoms with E-state index in [-0.39, 0.29) is 71.3 Å². The molecule has 73 heavy (non-hydrogen) atoms. The van der Waals surface area contributed by atoms with Crippen LogP contribution in [0.1, 0.15) is 122 Å². The normalized spacial score (nSPS) is 13.0. The Bertz CT molecular complexity index is 2150. The molecular weight excluding hydrogens is 929 g/mol. The SMILES string of the molecule is CC(=O)N[C@@H](CCCCN)C(=O)C[C@@H](C)Cc1ccccc1.CC(=O)N[C@@H](CCCN=C(N)N)C(=O)C[C@@H](C)Cc1ccccc1.C[C@H](CC(=O)[C@H](CCCN=C(N)N)NC(=O)CC(=O)O)Cc1ccccc1. The second kappa shape index (κ2) is 37.8. The van der Waals surface area contributed by atoms with Gasteiger partial charge in [-0.3, -0.25) is 43.5 Å². The van der Waals surface area contributed by atoms with Crippen LogP contribution in [-0.4, -0.2) is 95.8 Å². The number of unbranched alkanes of at least 4 members (excludes halogenated alkanes) is 1. The van der Waals surface area contributed by atoms with Crippen LogP contribution in [-0.2, 0) is 52.8 Å². The van der Waals surface area contributed by atoms with Crippen LogP contribution < -0.4 is 44.6 Å². The zero-order valence-electron chi connectivity index (χ0n) is 43.7. The molecule has 0 radical (unpaired) electrons. The minimum absolute atomic E-state index is 0.0360. The second-order valence-electron chi connectivity index (χ2n) is 18.8. The van der Waals surface area contributed by atoms with Crippen molar-refractivity contribution in [3.8, 4) is 0 Å². The fraction of sp³-hybridized carbons (Fsp3) is 0.509. The molecule has 0 aliphatic rings. The van der Waals surface area contributed by atoms with Gasteiger partial charge < -0.3 is 49.7 Å². The number of Topliss-reactive ketones (excluding diaryl/α,β-unsaturated/α-hetero) is 3. The number of ketones is 3. The number of hydrogen-bond acceptors (Lipinski definition) is 10. The van der Waals surface area contributed by atoms with Crippen LogP contribution in [0.4, 0.5) is 0 Å². The summed E-state index contributed by atoms with van der Waals surface area (Å²) in [5, 5.41) is 16.8. The Morgan fingerprint density at radius 3 is 1.10 bits per heavy atom. The number of nitrogens with zero attached hydrogens (tertiary/aromatic N) is 2. The molecule has 6 atom stereocenters. The summed E-state index contributed by atoms with van der Waals surface area (Å²) >= 11 is 0. The third-order valence-corrected chi connectivity index (χ3v) is 11.3. The van der Waals surface area contributed by atoms with Crippen LogP contribution in [0.2, 0.25) is 0 Å². The molecule has 18 nitrogen and oxygen atoms in total. The average molecular weight is 1010 g/mol. The number of guanidine groups is 2. The summed E-state index contributed by atoms with van der Waals surface area (Å²) in [5.41, 5.74) is 30.2. The molecule has 0 saturated carbocycles. The largest absolute Gasteiger partial charge is 0.481 e. The van der Waals surface area contributed by atoms with Crippen molar-refractivity contribution < 1.29 is 38.7 Å². The predicted molar refractivity (Wildman–Crippen MR) is 289 cm³/mol. The Morgan fingerprint density at radius 2 is 0.808 bits per heavy atom. The Balaban J connectivity index is 0.000000550. The van der Waals surface area contributed by atoms with E-state index in [1.807, 2.05) is 73.7 Å². The Kier molecular flexibility index (Phi) is 33.2. The molecule has 0 spiro atoms. The van der Waals surface area contributed by atoms with E-state index in [0.29, 0.717) is 64.6 Å². The number of carboxylic acids is 1. The first kappa shape index (κ1) is 64.1. The Hall–Kier alpha value is -6.95. The molecule has 0 bridgehead atoms. The van der Waals surface area contributed by atoms with E-state index in [1.54, 1.807) is 0 Å². The zero-order chi connectivity index (χ0) is 54.6. The molecule has 3 amide bonds. The van der Waals surface area contributed by atoms with Gasteiger partial charge in [0.1, 0.15) is 6.42 Å². The summed E-state index contributed by atoms with van der Waals surface area (Å²) in [5.74, 6) is -1.65. The van der Waals surface area contributed by atoms with Crippen molar-refractivity contribution in [1.29, 1.82) is 0 Å². The fourth-order valence-electron chi connectivity index (χ4n) is 8.04. The molecule has 3 aromatic carbocycles. The first-order chi connectivity index (χ1) is 34.7. The van der Waals surface area contributed by atoms with Gasteiger partial charge in [0.25, 0.3) is 0 Å². The van der Waals surface area contributed by atoms with E-state index in [2.05, 4.69) is 64.0 Å². The molecular formula is C55H84N10O8. The summed E-state index contributed by atoms with van der Waals surface area (Å²) in [7, 11) is 0. The van der Waals surface area contributed by atoms with Gasteiger partial charge in [0.2, 0.25) is 17.7 Å². The van der Waals surface area contributed by atoms with Crippen molar-refractivity contribution in [2.45, 2.75) is 143 Å². The number of nitrogens with two attached hydrogens (primary N) is 5. The highest BCUT2D eigenvalue weighted by Crippen LogP contribution is 2.18. The number of aliphatic carboxylic acids is 1. The van der Waals surface area contributed by atoms with Gasteiger partial charge in [0, 0.05) is 46.2 Å². The highest BCUT2D eigenvalue weighted by Gasteiger charge is 2.25. The van der Waals surface area contributed by atoms with Gasteiger partial charge in [-0.05, 0) is 105 Å². The van der Waals surface area contributed by atoms with Crippen molar-refractivity contribution in [3.05, 3.63) is 108 Å². The lowest BCUT2D eigenvalue weighted by Crippen LogP contribution is -2.42. The molecule has 14 N–H and O–H groups in total. The van der Waals surface area contributed by atoms with Crippen molar-refractivity contribution in [1.82, 2.24) is 16.0 Å². The monoisotopic (exact) mass is 1010 g/mol. The van der Waals surface area contributed by atoms with Crippen LogP contribution in [0.3, 0.4) is 0 Å². The van der Waals surface area contributed by atoms with Gasteiger partial charge in [-0.2, -0.15) is 0 Å². The number of rotatable bonds is 32. The molecule has 0 heterocycles. The number of carboxylic acid groups (broad SMARTS) is 1. The summed E-state index contributed by atoms with van der Waals surface area (Å²) in [4.78, 5) is 90.4. The molecule has 0 saturated heterocycles. The van der Waals surface area contributed by atoms with E-state index in [4.69, 9.17) is 33.8 Å². The lowest BCUT2D eigenvalue weighted by molar-refractivity contribution is -0.141. The van der Waals surface area contributed by atoms with Crippen LogP contribution in [0.5, 0.6) is 0 Å². The van der Waals surface area contributed by atoms with Crippen LogP contribution in [0.15, 0.2) is 101 Å². The van der Waals surface area contributed by atoms with Crippen molar-refractivity contribution in [3.63, 3.8) is 0 Å². The molecule has 402 valence electrons. The minimum Gasteiger partial charge on any atom is -0.481 e. The number of amides is 3. The van der Waals surface area contributed by atoms with Gasteiger partial charge in [-0.25, -0.2) is 0 Å². The molecule has 0 aliphatic heterocycles. The van der Waals surface area contributed by atoms with Crippen molar-refractivity contribution in [2.75, 3.05) is 19.6 Å². The molecule has 3 rings (SSSR count). The van der Waals surface area contributed by atoms with Gasteiger partial charge in [0.05, 0.1) is 18.1 Å². The highest BCUT2D eigenvalue weighted by molar-refractivity contribution is 5.96. The van der Waals surface area contributed by atoms with Gasteiger partial charge >= 0.3 is 5.97 Å². The van der Waals surface area contributed by atoms with Gasteiger partial charge in [0.15, 0.2) is 29.3 Å². The van der Waals surface area contributed by atoms with Gasteiger partial charge in [-0.15, -0.1) is 0 Å². The summed E-state index contributed by atoms with van der Waals surface area (Å²) in [6.07, 6.45) is 7.43. The van der Waals surface area contributed by atoms with Crippen molar-refractivity contribution in [2.24, 2.45) is 56.4 Å². The maximum Gasteiger partial charge on any atom is 0.312 e. The van der Waals surface area contributed by atoms with E-state index in [9.17, 15) is 33.6 Å². The number of hydrogen-bond donors (Lipinski definition) is 9. The van der Waals surface area contributed by atoms with E-state index < -0.39 is 30.4 Å². The lowest BCUT2D eigenvalue weighted by atomic mass is 9.92. The molecule has 0 aliphatic carbocycles. The first-order valence-electron chi connectivity index (χ1n) is 25.2. The summed E-state index contributed by atoms with van der Waals surface area (Å²) in [6, 6.07) is 28.5. The Morgan fingerprint density at radius 1 is 0.493 bits per heavy atom. The fourth-order valence-corrected chi connectivity index (χ4v) is 8.04. The number of carbonyl (C=O) groups is 7. The molecule has 0 aromatic heterocycles. The van der Waals surface area contributed by atoms with E-state index in [0.717, 1.165) is 37.7 Å². The predicted octanol–water partition coefficient (Wildman–Crippen LogP) is 4.68. The van der Waals surface area contributed by atoms with Crippen LogP contribution in [0, 0.1) is 17.8 Å². The first-order valence-corrected chi connectivity index (χ1v) is 25.2. The van der Waals surface area contributed by atoms with Crippen LogP contribution >= 0.6 is 0 Å². The maximum absolute atomic E-state index is 12.6. The Labute approximate surface area is 432 Å². The minimum atomic E-state index is -1.24. The van der Waals surface area contributed by atoms with E-state index in [1.165, 1.54) is 25.0 Å². The summed E-state index contributed by atoms with van der Waals surface area (Å²) < 4.78 is 0. The van der Waals surface area contributed by atoms with Crippen molar-refractivity contribution >= 4 is 53.0 Å². The topological polar surface area (TPSA) is 331 Å².